The molecule has 7 nitrogen and oxygen atoms in total. The summed E-state index contributed by atoms with van der Waals surface area (Å²) in [6.07, 6.45) is 1.42. The second-order valence-electron chi connectivity index (χ2n) is 6.35. The molecular weight excluding hydrogens is 370 g/mol. The SMILES string of the molecule is Cc1ccc(COc2ccc(C(=O)N/N=C\c3ccc([N+](=O)[O-])cc3)cc2)cc1. The summed E-state index contributed by atoms with van der Waals surface area (Å²) in [5, 5.41) is 14.5. The first-order chi connectivity index (χ1) is 14.0. The number of nitro groups is 1. The van der Waals surface area contributed by atoms with Crippen molar-refractivity contribution in [3.05, 3.63) is 105 Å². The molecule has 146 valence electrons. The van der Waals surface area contributed by atoms with E-state index in [1.807, 2.05) is 31.2 Å². The topological polar surface area (TPSA) is 93.8 Å². The fourth-order valence-electron chi connectivity index (χ4n) is 2.47. The predicted molar refractivity (Wildman–Crippen MR) is 110 cm³/mol. The van der Waals surface area contributed by atoms with E-state index in [-0.39, 0.29) is 11.6 Å². The monoisotopic (exact) mass is 389 g/mol. The number of non-ortho nitro benzene ring substituents is 1. The maximum atomic E-state index is 12.1. The van der Waals surface area contributed by atoms with Crippen LogP contribution in [0.3, 0.4) is 0 Å². The molecule has 0 saturated carbocycles. The average Bonchev–Trinajstić information content (AvgIpc) is 2.74. The lowest BCUT2D eigenvalue weighted by Crippen LogP contribution is -2.17. The number of carbonyl (C=O) groups is 1. The van der Waals surface area contributed by atoms with Crippen LogP contribution in [0.5, 0.6) is 5.75 Å². The second kappa shape index (κ2) is 9.27. The van der Waals surface area contributed by atoms with Gasteiger partial charge in [-0.3, -0.25) is 14.9 Å². The molecule has 3 aromatic rings. The van der Waals surface area contributed by atoms with Crippen LogP contribution < -0.4 is 10.2 Å². The lowest BCUT2D eigenvalue weighted by atomic mass is 10.2. The van der Waals surface area contributed by atoms with Crippen LogP contribution in [0.25, 0.3) is 0 Å². The highest BCUT2D eigenvalue weighted by Gasteiger charge is 2.05. The van der Waals surface area contributed by atoms with Crippen molar-refractivity contribution < 1.29 is 14.5 Å². The largest absolute Gasteiger partial charge is 0.489 e. The molecule has 1 N–H and O–H groups in total. The van der Waals surface area contributed by atoms with Gasteiger partial charge in [0.2, 0.25) is 0 Å². The molecule has 0 radical (unpaired) electrons. The number of ether oxygens (including phenoxy) is 1. The summed E-state index contributed by atoms with van der Waals surface area (Å²) in [6, 6.07) is 20.7. The van der Waals surface area contributed by atoms with E-state index in [1.165, 1.54) is 23.9 Å². The Morgan fingerprint density at radius 1 is 1.03 bits per heavy atom. The fourth-order valence-corrected chi connectivity index (χ4v) is 2.47. The number of hydrogen-bond acceptors (Lipinski definition) is 5. The zero-order chi connectivity index (χ0) is 20.6. The van der Waals surface area contributed by atoms with Gasteiger partial charge in [-0.15, -0.1) is 0 Å². The Morgan fingerprint density at radius 3 is 2.31 bits per heavy atom. The maximum absolute atomic E-state index is 12.1. The summed E-state index contributed by atoms with van der Waals surface area (Å²) in [7, 11) is 0. The molecule has 0 heterocycles. The van der Waals surface area contributed by atoms with E-state index in [2.05, 4.69) is 10.5 Å². The highest BCUT2D eigenvalue weighted by atomic mass is 16.6. The lowest BCUT2D eigenvalue weighted by molar-refractivity contribution is -0.384. The van der Waals surface area contributed by atoms with E-state index in [9.17, 15) is 14.9 Å². The summed E-state index contributed by atoms with van der Waals surface area (Å²) in [5.41, 5.74) is 5.76. The van der Waals surface area contributed by atoms with Gasteiger partial charge in [-0.25, -0.2) is 5.43 Å². The molecule has 0 aromatic heterocycles. The minimum Gasteiger partial charge on any atom is -0.489 e. The Kier molecular flexibility index (Phi) is 6.32. The number of benzene rings is 3. The van der Waals surface area contributed by atoms with Crippen LogP contribution in [0.1, 0.15) is 27.0 Å². The van der Waals surface area contributed by atoms with Gasteiger partial charge >= 0.3 is 0 Å². The van der Waals surface area contributed by atoms with Crippen molar-refractivity contribution in [1.82, 2.24) is 5.43 Å². The third-order valence-corrected chi connectivity index (χ3v) is 4.13. The van der Waals surface area contributed by atoms with E-state index in [0.29, 0.717) is 23.5 Å². The smallest absolute Gasteiger partial charge is 0.271 e. The van der Waals surface area contributed by atoms with Crippen LogP contribution in [0.4, 0.5) is 5.69 Å². The normalized spacial score (nSPS) is 10.7. The van der Waals surface area contributed by atoms with Gasteiger partial charge in [0.05, 0.1) is 11.1 Å². The van der Waals surface area contributed by atoms with Crippen LogP contribution in [-0.2, 0) is 6.61 Å². The molecule has 0 unspecified atom stereocenters. The zero-order valence-electron chi connectivity index (χ0n) is 15.7. The number of carbonyl (C=O) groups excluding carboxylic acids is 1. The Hall–Kier alpha value is -4.00. The molecular formula is C22H19N3O4. The van der Waals surface area contributed by atoms with Gasteiger partial charge in [-0.2, -0.15) is 5.10 Å². The number of amides is 1. The highest BCUT2D eigenvalue weighted by molar-refractivity contribution is 5.95. The fraction of sp³-hybridized carbons (Fsp3) is 0.0909. The van der Waals surface area contributed by atoms with E-state index >= 15 is 0 Å². The molecule has 0 aliphatic heterocycles. The molecule has 3 aromatic carbocycles. The van der Waals surface area contributed by atoms with Crippen molar-refractivity contribution in [2.75, 3.05) is 0 Å². The number of hydrogen-bond donors (Lipinski definition) is 1. The van der Waals surface area contributed by atoms with Crippen LogP contribution in [0.2, 0.25) is 0 Å². The van der Waals surface area contributed by atoms with Crippen LogP contribution in [0, 0.1) is 17.0 Å². The quantitative estimate of drug-likeness (QED) is 0.371. The van der Waals surface area contributed by atoms with Crippen LogP contribution in [-0.4, -0.2) is 17.0 Å². The van der Waals surface area contributed by atoms with E-state index in [4.69, 9.17) is 4.74 Å². The van der Waals surface area contributed by atoms with E-state index in [0.717, 1.165) is 5.56 Å². The van der Waals surface area contributed by atoms with Crippen molar-refractivity contribution in [3.8, 4) is 5.75 Å². The highest BCUT2D eigenvalue weighted by Crippen LogP contribution is 2.15. The first-order valence-electron chi connectivity index (χ1n) is 8.87. The van der Waals surface area contributed by atoms with E-state index in [1.54, 1.807) is 36.4 Å². The van der Waals surface area contributed by atoms with Gasteiger partial charge < -0.3 is 4.74 Å². The molecule has 0 aliphatic rings. The van der Waals surface area contributed by atoms with Gasteiger partial charge in [-0.05, 0) is 54.4 Å². The first-order valence-corrected chi connectivity index (χ1v) is 8.87. The summed E-state index contributed by atoms with van der Waals surface area (Å²) in [5.74, 6) is 0.296. The van der Waals surface area contributed by atoms with E-state index < -0.39 is 4.92 Å². The molecule has 0 saturated heterocycles. The molecule has 0 bridgehead atoms. The summed E-state index contributed by atoms with van der Waals surface area (Å²) >= 11 is 0. The predicted octanol–water partition coefficient (Wildman–Crippen LogP) is 4.25. The Labute approximate surface area is 167 Å². The molecule has 0 aliphatic carbocycles. The van der Waals surface area contributed by atoms with Crippen LogP contribution >= 0.6 is 0 Å². The van der Waals surface area contributed by atoms with Gasteiger partial charge in [0.1, 0.15) is 12.4 Å². The number of nitro benzene ring substituents is 1. The van der Waals surface area contributed by atoms with Gasteiger partial charge in [0, 0.05) is 17.7 Å². The van der Waals surface area contributed by atoms with Gasteiger partial charge in [-0.1, -0.05) is 29.8 Å². The molecule has 3 rings (SSSR count). The lowest BCUT2D eigenvalue weighted by Gasteiger charge is -2.07. The van der Waals surface area contributed by atoms with Crippen molar-refractivity contribution in [2.24, 2.45) is 5.10 Å². The van der Waals surface area contributed by atoms with Crippen molar-refractivity contribution in [1.29, 1.82) is 0 Å². The molecule has 7 heteroatoms. The Balaban J connectivity index is 1.51. The number of hydrazone groups is 1. The third kappa shape index (κ3) is 5.74. The summed E-state index contributed by atoms with van der Waals surface area (Å²) in [6.45, 7) is 2.48. The first kappa shape index (κ1) is 19.8. The zero-order valence-corrected chi connectivity index (χ0v) is 15.7. The molecule has 29 heavy (non-hydrogen) atoms. The minimum absolute atomic E-state index is 0.00382. The summed E-state index contributed by atoms with van der Waals surface area (Å²) < 4.78 is 5.72. The van der Waals surface area contributed by atoms with Gasteiger partial charge in [0.25, 0.3) is 11.6 Å². The standard InChI is InChI=1S/C22H19N3O4/c1-16-2-4-18(5-3-16)15-29-21-12-8-19(9-13-21)22(26)24-23-14-17-6-10-20(11-7-17)25(27)28/h2-14H,15H2,1H3,(H,24,26)/b23-14-. The average molecular weight is 389 g/mol. The minimum atomic E-state index is -0.475. The molecule has 0 atom stereocenters. The van der Waals surface area contributed by atoms with Crippen molar-refractivity contribution in [3.63, 3.8) is 0 Å². The maximum Gasteiger partial charge on any atom is 0.271 e. The summed E-state index contributed by atoms with van der Waals surface area (Å²) in [4.78, 5) is 22.3. The Morgan fingerprint density at radius 2 is 1.69 bits per heavy atom. The molecule has 0 spiro atoms. The number of nitrogens with zero attached hydrogens (tertiary/aromatic N) is 2. The van der Waals surface area contributed by atoms with Crippen molar-refractivity contribution in [2.45, 2.75) is 13.5 Å². The molecule has 1 amide bonds. The second-order valence-corrected chi connectivity index (χ2v) is 6.35. The number of nitrogens with one attached hydrogen (secondary N) is 1. The number of rotatable bonds is 7. The van der Waals surface area contributed by atoms with Crippen LogP contribution in [0.15, 0.2) is 77.9 Å². The van der Waals surface area contributed by atoms with Gasteiger partial charge in [0.15, 0.2) is 0 Å². The molecule has 0 fully saturated rings. The van der Waals surface area contributed by atoms with Crippen molar-refractivity contribution >= 4 is 17.8 Å². The third-order valence-electron chi connectivity index (χ3n) is 4.13. The number of aryl methyl sites for hydroxylation is 1. The Bertz CT molecular complexity index is 1010.